The second-order valence-electron chi connectivity index (χ2n) is 5.47. The number of rotatable bonds is 5. The number of ether oxygens (including phenoxy) is 1. The molecule has 0 saturated carbocycles. The molecule has 0 aromatic carbocycles. The lowest BCUT2D eigenvalue weighted by atomic mass is 10.2. The summed E-state index contributed by atoms with van der Waals surface area (Å²) in [5, 5.41) is 12.0. The molecule has 0 bridgehead atoms. The highest BCUT2D eigenvalue weighted by Gasteiger charge is 2.19. The minimum atomic E-state index is -0.300. The van der Waals surface area contributed by atoms with E-state index in [4.69, 9.17) is 10.00 Å². The molecule has 0 aromatic heterocycles. The van der Waals surface area contributed by atoms with Gasteiger partial charge in [0.25, 0.3) is 5.91 Å². The summed E-state index contributed by atoms with van der Waals surface area (Å²) in [4.78, 5) is 16.4. The molecule has 0 spiro atoms. The van der Waals surface area contributed by atoms with Gasteiger partial charge in [-0.1, -0.05) is 6.92 Å². The number of carbonyl (C=O) groups is 1. The van der Waals surface area contributed by atoms with Gasteiger partial charge in [0.1, 0.15) is 11.6 Å². The zero-order valence-electron chi connectivity index (χ0n) is 12.7. The molecular formula is C15H24N4O2. The summed E-state index contributed by atoms with van der Waals surface area (Å²) in [6.07, 6.45) is 3.81. The third-order valence-corrected chi connectivity index (χ3v) is 4.05. The van der Waals surface area contributed by atoms with Crippen molar-refractivity contribution in [1.82, 2.24) is 15.1 Å². The number of piperazine rings is 1. The number of nitrogens with zero attached hydrogens (tertiary/aromatic N) is 3. The summed E-state index contributed by atoms with van der Waals surface area (Å²) in [6.45, 7) is 8.11. The minimum absolute atomic E-state index is 0.0991. The van der Waals surface area contributed by atoms with E-state index in [0.29, 0.717) is 6.54 Å². The molecule has 0 aliphatic carbocycles. The van der Waals surface area contributed by atoms with E-state index in [9.17, 15) is 4.79 Å². The van der Waals surface area contributed by atoms with Crippen LogP contribution in [0.2, 0.25) is 0 Å². The Labute approximate surface area is 126 Å². The van der Waals surface area contributed by atoms with Crippen LogP contribution in [0.5, 0.6) is 0 Å². The number of nitrogens with one attached hydrogen (secondary N) is 1. The summed E-state index contributed by atoms with van der Waals surface area (Å²) < 4.78 is 5.46. The van der Waals surface area contributed by atoms with Crippen LogP contribution in [0.3, 0.4) is 0 Å². The maximum Gasteiger partial charge on any atom is 0.263 e. The van der Waals surface area contributed by atoms with Gasteiger partial charge in [-0.15, -0.1) is 0 Å². The SMILES string of the molecule is CCN1CCN(/C=C(/C#N)C(=O)NCC2CCCO2)CC1. The second kappa shape index (κ2) is 8.01. The number of hydrogen-bond donors (Lipinski definition) is 1. The van der Waals surface area contributed by atoms with Crippen molar-refractivity contribution in [3.63, 3.8) is 0 Å². The summed E-state index contributed by atoms with van der Waals surface area (Å²) in [5.74, 6) is -0.300. The smallest absolute Gasteiger partial charge is 0.263 e. The fourth-order valence-electron chi connectivity index (χ4n) is 2.64. The van der Waals surface area contributed by atoms with E-state index < -0.39 is 0 Å². The fraction of sp³-hybridized carbons (Fsp3) is 0.733. The summed E-state index contributed by atoms with van der Waals surface area (Å²) in [5.41, 5.74) is 0.179. The first-order valence-electron chi connectivity index (χ1n) is 7.71. The average molecular weight is 292 g/mol. The molecule has 1 amide bonds. The molecule has 2 aliphatic rings. The molecular weight excluding hydrogens is 268 g/mol. The molecule has 6 heteroatoms. The van der Waals surface area contributed by atoms with Gasteiger partial charge >= 0.3 is 0 Å². The maximum atomic E-state index is 12.0. The summed E-state index contributed by atoms with van der Waals surface area (Å²) in [7, 11) is 0. The fourth-order valence-corrected chi connectivity index (χ4v) is 2.64. The Morgan fingerprint density at radius 2 is 2.19 bits per heavy atom. The van der Waals surface area contributed by atoms with Gasteiger partial charge in [0, 0.05) is 45.5 Å². The zero-order chi connectivity index (χ0) is 15.1. The highest BCUT2D eigenvalue weighted by Crippen LogP contribution is 2.11. The Morgan fingerprint density at radius 1 is 1.43 bits per heavy atom. The molecule has 2 aliphatic heterocycles. The van der Waals surface area contributed by atoms with Crippen molar-refractivity contribution >= 4 is 5.91 Å². The van der Waals surface area contributed by atoms with Crippen molar-refractivity contribution in [2.24, 2.45) is 0 Å². The first-order chi connectivity index (χ1) is 10.2. The van der Waals surface area contributed by atoms with E-state index in [1.54, 1.807) is 6.20 Å². The van der Waals surface area contributed by atoms with E-state index in [1.165, 1.54) is 0 Å². The van der Waals surface area contributed by atoms with E-state index in [-0.39, 0.29) is 17.6 Å². The van der Waals surface area contributed by atoms with Crippen molar-refractivity contribution < 1.29 is 9.53 Å². The van der Waals surface area contributed by atoms with Crippen LogP contribution in [0.15, 0.2) is 11.8 Å². The predicted molar refractivity (Wildman–Crippen MR) is 79.4 cm³/mol. The first kappa shape index (κ1) is 15.8. The molecule has 1 unspecified atom stereocenters. The monoisotopic (exact) mass is 292 g/mol. The third-order valence-electron chi connectivity index (χ3n) is 4.05. The molecule has 2 fully saturated rings. The molecule has 2 saturated heterocycles. The molecule has 21 heavy (non-hydrogen) atoms. The van der Waals surface area contributed by atoms with Crippen molar-refractivity contribution in [3.8, 4) is 6.07 Å². The highest BCUT2D eigenvalue weighted by atomic mass is 16.5. The Hall–Kier alpha value is -1.58. The number of likely N-dealkylation sites (N-methyl/N-ethyl adjacent to an activating group) is 1. The molecule has 1 atom stereocenters. The molecule has 116 valence electrons. The number of nitriles is 1. The van der Waals surface area contributed by atoms with Crippen molar-refractivity contribution in [2.45, 2.75) is 25.9 Å². The van der Waals surface area contributed by atoms with Gasteiger partial charge in [0.05, 0.1) is 6.10 Å². The van der Waals surface area contributed by atoms with E-state index in [2.05, 4.69) is 22.0 Å². The third kappa shape index (κ3) is 4.73. The quantitative estimate of drug-likeness (QED) is 0.584. The van der Waals surface area contributed by atoms with Gasteiger partial charge in [0.2, 0.25) is 0 Å². The Morgan fingerprint density at radius 3 is 2.76 bits per heavy atom. The van der Waals surface area contributed by atoms with Crippen LogP contribution in [0, 0.1) is 11.3 Å². The van der Waals surface area contributed by atoms with Crippen molar-refractivity contribution in [2.75, 3.05) is 45.9 Å². The summed E-state index contributed by atoms with van der Waals surface area (Å²) in [6, 6.07) is 2.00. The second-order valence-corrected chi connectivity index (χ2v) is 5.47. The predicted octanol–water partition coefficient (Wildman–Crippen LogP) is 0.327. The van der Waals surface area contributed by atoms with Crippen LogP contribution in [0.4, 0.5) is 0 Å². The highest BCUT2D eigenvalue weighted by molar-refractivity contribution is 5.97. The first-order valence-corrected chi connectivity index (χ1v) is 7.71. The van der Waals surface area contributed by atoms with Gasteiger partial charge in [-0.05, 0) is 19.4 Å². The molecule has 2 rings (SSSR count). The number of amides is 1. The van der Waals surface area contributed by atoms with Crippen molar-refractivity contribution in [1.29, 1.82) is 5.26 Å². The largest absolute Gasteiger partial charge is 0.376 e. The molecule has 1 N–H and O–H groups in total. The van der Waals surface area contributed by atoms with E-state index >= 15 is 0 Å². The lowest BCUT2D eigenvalue weighted by molar-refractivity contribution is -0.117. The standard InChI is InChI=1S/C15H24N4O2/c1-2-18-5-7-19(8-6-18)12-13(10-16)15(20)17-11-14-4-3-9-21-14/h12,14H,2-9,11H2,1H3,(H,17,20)/b13-12-. The van der Waals surface area contributed by atoms with E-state index in [1.807, 2.05) is 6.07 Å². The van der Waals surface area contributed by atoms with Crippen LogP contribution in [-0.2, 0) is 9.53 Å². The van der Waals surface area contributed by atoms with Crippen LogP contribution in [0.1, 0.15) is 19.8 Å². The molecule has 6 nitrogen and oxygen atoms in total. The Balaban J connectivity index is 1.82. The number of carbonyl (C=O) groups excluding carboxylic acids is 1. The summed E-state index contributed by atoms with van der Waals surface area (Å²) >= 11 is 0. The topological polar surface area (TPSA) is 68.6 Å². The van der Waals surface area contributed by atoms with Crippen LogP contribution >= 0.6 is 0 Å². The van der Waals surface area contributed by atoms with Crippen molar-refractivity contribution in [3.05, 3.63) is 11.8 Å². The van der Waals surface area contributed by atoms with Crippen LogP contribution < -0.4 is 5.32 Å². The van der Waals surface area contributed by atoms with Gasteiger partial charge in [-0.2, -0.15) is 5.26 Å². The normalized spacial score (nSPS) is 23.9. The number of hydrogen-bond acceptors (Lipinski definition) is 5. The Bertz CT molecular complexity index is 416. The van der Waals surface area contributed by atoms with Crippen LogP contribution in [0.25, 0.3) is 0 Å². The Kier molecular flexibility index (Phi) is 6.03. The average Bonchev–Trinajstić information content (AvgIpc) is 3.04. The van der Waals surface area contributed by atoms with E-state index in [0.717, 1.165) is 52.2 Å². The van der Waals surface area contributed by atoms with Gasteiger partial charge in [-0.3, -0.25) is 4.79 Å². The van der Waals surface area contributed by atoms with Gasteiger partial charge < -0.3 is 19.9 Å². The maximum absolute atomic E-state index is 12.0. The molecule has 2 heterocycles. The van der Waals surface area contributed by atoms with Gasteiger partial charge in [-0.25, -0.2) is 0 Å². The lowest BCUT2D eigenvalue weighted by Gasteiger charge is -2.33. The zero-order valence-corrected chi connectivity index (χ0v) is 12.7. The minimum Gasteiger partial charge on any atom is -0.376 e. The molecule has 0 radical (unpaired) electrons. The van der Waals surface area contributed by atoms with Crippen LogP contribution in [-0.4, -0.2) is 67.7 Å². The molecule has 0 aromatic rings. The lowest BCUT2D eigenvalue weighted by Crippen LogP contribution is -2.44. The van der Waals surface area contributed by atoms with Gasteiger partial charge in [0.15, 0.2) is 0 Å².